The van der Waals surface area contributed by atoms with Crippen molar-refractivity contribution in [3.05, 3.63) is 123 Å². The Morgan fingerprint density at radius 3 is 2.38 bits per heavy atom. The van der Waals surface area contributed by atoms with Gasteiger partial charge >= 0.3 is 0 Å². The molecule has 202 valence electrons. The summed E-state index contributed by atoms with van der Waals surface area (Å²) in [6, 6.07) is 23.7. The number of hydrogen-bond acceptors (Lipinski definition) is 5. The molecule has 0 atom stereocenters. The highest BCUT2D eigenvalue weighted by molar-refractivity contribution is 8.00. The average Bonchev–Trinajstić information content (AvgIpc) is 2.96. The average molecular weight is 612 g/mol. The Hall–Kier alpha value is -3.82. The van der Waals surface area contributed by atoms with Crippen molar-refractivity contribution in [3.8, 4) is 0 Å². The highest BCUT2D eigenvalue weighted by Gasteiger charge is 2.16. The molecule has 1 aromatic heterocycles. The Bertz CT molecular complexity index is 1560. The Labute approximate surface area is 249 Å². The van der Waals surface area contributed by atoms with Crippen LogP contribution in [-0.2, 0) is 9.59 Å². The standard InChI is InChI=1S/C29H21Cl3N4O3S/c30-20-12-13-25(33-16-20)36-26(37)17-40-22-10-5-9-21(15-22)34-29(39)24(14-19-8-4-11-23(31)27(19)32)35-28(38)18-6-2-1-3-7-18/h1-16H,17H2,(H,34,39)(H,35,38)(H,33,36,37)/b24-14+. The number of amides is 3. The van der Waals surface area contributed by atoms with Crippen LogP contribution >= 0.6 is 46.6 Å². The van der Waals surface area contributed by atoms with Crippen LogP contribution in [-0.4, -0.2) is 28.5 Å². The lowest BCUT2D eigenvalue weighted by Crippen LogP contribution is -2.30. The molecule has 4 aromatic rings. The maximum atomic E-state index is 13.3. The summed E-state index contributed by atoms with van der Waals surface area (Å²) in [4.78, 5) is 43.3. The third-order valence-electron chi connectivity index (χ3n) is 5.27. The van der Waals surface area contributed by atoms with Gasteiger partial charge in [0.25, 0.3) is 11.8 Å². The predicted molar refractivity (Wildman–Crippen MR) is 162 cm³/mol. The summed E-state index contributed by atoms with van der Waals surface area (Å²) in [6.45, 7) is 0. The van der Waals surface area contributed by atoms with E-state index in [1.807, 2.05) is 6.07 Å². The molecule has 7 nitrogen and oxygen atoms in total. The van der Waals surface area contributed by atoms with Crippen LogP contribution in [0.1, 0.15) is 15.9 Å². The van der Waals surface area contributed by atoms with Crippen LogP contribution in [0.5, 0.6) is 0 Å². The van der Waals surface area contributed by atoms with Crippen LogP contribution in [0.3, 0.4) is 0 Å². The van der Waals surface area contributed by atoms with Gasteiger partial charge in [0.1, 0.15) is 11.5 Å². The summed E-state index contributed by atoms with van der Waals surface area (Å²) in [5, 5.41) is 9.18. The SMILES string of the molecule is O=C(CSc1cccc(NC(=O)/C(=C\c2cccc(Cl)c2Cl)NC(=O)c2ccccc2)c1)Nc1ccc(Cl)cn1. The number of anilines is 2. The normalized spacial score (nSPS) is 11.0. The molecule has 0 saturated carbocycles. The lowest BCUT2D eigenvalue weighted by Gasteiger charge is -2.13. The molecule has 0 aliphatic heterocycles. The molecule has 1 heterocycles. The van der Waals surface area contributed by atoms with Crippen LogP contribution in [0.25, 0.3) is 6.08 Å². The number of benzene rings is 3. The second-order valence-electron chi connectivity index (χ2n) is 8.20. The maximum absolute atomic E-state index is 13.3. The highest BCUT2D eigenvalue weighted by atomic mass is 35.5. The summed E-state index contributed by atoms with van der Waals surface area (Å²) < 4.78 is 0. The zero-order valence-electron chi connectivity index (χ0n) is 20.7. The number of aromatic nitrogens is 1. The Balaban J connectivity index is 1.47. The minimum absolute atomic E-state index is 0.0362. The van der Waals surface area contributed by atoms with E-state index in [1.165, 1.54) is 24.0 Å². The van der Waals surface area contributed by atoms with E-state index < -0.39 is 11.8 Å². The van der Waals surface area contributed by atoms with Crippen molar-refractivity contribution in [2.75, 3.05) is 16.4 Å². The number of carbonyl (C=O) groups is 3. The van der Waals surface area contributed by atoms with E-state index in [1.54, 1.807) is 78.9 Å². The number of nitrogens with zero attached hydrogens (tertiary/aromatic N) is 1. The highest BCUT2D eigenvalue weighted by Crippen LogP contribution is 2.27. The molecule has 3 N–H and O–H groups in total. The van der Waals surface area contributed by atoms with Crippen LogP contribution in [0.4, 0.5) is 11.5 Å². The number of carbonyl (C=O) groups excluding carboxylic acids is 3. The molecule has 4 rings (SSSR count). The number of pyridine rings is 1. The Morgan fingerprint density at radius 2 is 1.62 bits per heavy atom. The largest absolute Gasteiger partial charge is 0.321 e. The topological polar surface area (TPSA) is 100 Å². The van der Waals surface area contributed by atoms with E-state index in [-0.39, 0.29) is 22.4 Å². The van der Waals surface area contributed by atoms with Crippen molar-refractivity contribution < 1.29 is 14.4 Å². The molecule has 0 fully saturated rings. The van der Waals surface area contributed by atoms with Gasteiger partial charge in [-0.15, -0.1) is 11.8 Å². The van der Waals surface area contributed by atoms with Crippen LogP contribution in [0.2, 0.25) is 15.1 Å². The molecule has 0 bridgehead atoms. The van der Waals surface area contributed by atoms with E-state index in [4.69, 9.17) is 34.8 Å². The van der Waals surface area contributed by atoms with E-state index >= 15 is 0 Å². The van der Waals surface area contributed by atoms with Crippen molar-refractivity contribution in [1.29, 1.82) is 0 Å². The molecule has 0 unspecified atom stereocenters. The predicted octanol–water partition coefficient (Wildman–Crippen LogP) is 7.18. The lowest BCUT2D eigenvalue weighted by atomic mass is 10.1. The second-order valence-corrected chi connectivity index (χ2v) is 10.5. The number of hydrogen-bond donors (Lipinski definition) is 3. The minimum atomic E-state index is -0.575. The third kappa shape index (κ3) is 8.34. The first-order chi connectivity index (χ1) is 19.3. The summed E-state index contributed by atoms with van der Waals surface area (Å²) in [5.41, 5.74) is 1.26. The molecule has 0 aliphatic rings. The van der Waals surface area contributed by atoms with Gasteiger partial charge in [0.2, 0.25) is 5.91 Å². The first-order valence-corrected chi connectivity index (χ1v) is 13.9. The molecule has 40 heavy (non-hydrogen) atoms. The first kappa shape index (κ1) is 29.2. The number of halogens is 3. The van der Waals surface area contributed by atoms with Crippen molar-refractivity contribution in [2.45, 2.75) is 4.90 Å². The number of nitrogens with one attached hydrogen (secondary N) is 3. The number of rotatable bonds is 9. The quantitative estimate of drug-likeness (QED) is 0.137. The van der Waals surface area contributed by atoms with Crippen molar-refractivity contribution in [1.82, 2.24) is 10.3 Å². The van der Waals surface area contributed by atoms with Crippen LogP contribution < -0.4 is 16.0 Å². The van der Waals surface area contributed by atoms with Gasteiger partial charge in [-0.1, -0.05) is 71.2 Å². The lowest BCUT2D eigenvalue weighted by molar-refractivity contribution is -0.114. The fourth-order valence-corrected chi connectivity index (χ4v) is 4.60. The fraction of sp³-hybridized carbons (Fsp3) is 0.0345. The van der Waals surface area contributed by atoms with Gasteiger partial charge in [0, 0.05) is 22.3 Å². The van der Waals surface area contributed by atoms with Crippen molar-refractivity contribution in [3.63, 3.8) is 0 Å². The van der Waals surface area contributed by atoms with Crippen molar-refractivity contribution in [2.24, 2.45) is 0 Å². The monoisotopic (exact) mass is 610 g/mol. The van der Waals surface area contributed by atoms with E-state index in [0.29, 0.717) is 32.7 Å². The molecule has 3 amide bonds. The van der Waals surface area contributed by atoms with Crippen molar-refractivity contribution >= 4 is 81.9 Å². The van der Waals surface area contributed by atoms with Crippen LogP contribution in [0.15, 0.2) is 102 Å². The van der Waals surface area contributed by atoms with E-state index in [0.717, 1.165) is 4.90 Å². The third-order valence-corrected chi connectivity index (χ3v) is 7.32. The van der Waals surface area contributed by atoms with Gasteiger partial charge in [-0.3, -0.25) is 14.4 Å². The Kier molecular flexibility index (Phi) is 10.2. The zero-order chi connectivity index (χ0) is 28.5. The molecule has 0 spiro atoms. The molecular formula is C29H21Cl3N4O3S. The van der Waals surface area contributed by atoms with E-state index in [9.17, 15) is 14.4 Å². The van der Waals surface area contributed by atoms with E-state index in [2.05, 4.69) is 20.9 Å². The number of thioether (sulfide) groups is 1. The summed E-state index contributed by atoms with van der Waals surface area (Å²) in [5.74, 6) is -0.776. The fourth-order valence-electron chi connectivity index (χ4n) is 3.37. The van der Waals surface area contributed by atoms with Gasteiger partial charge in [0.05, 0.1) is 20.8 Å². The molecular weight excluding hydrogens is 591 g/mol. The van der Waals surface area contributed by atoms with Gasteiger partial charge in [-0.2, -0.15) is 0 Å². The molecule has 0 radical (unpaired) electrons. The van der Waals surface area contributed by atoms with Crippen LogP contribution in [0, 0.1) is 0 Å². The van der Waals surface area contributed by atoms with Gasteiger partial charge in [-0.05, 0) is 60.2 Å². The van der Waals surface area contributed by atoms with Gasteiger partial charge in [0.15, 0.2) is 0 Å². The van der Waals surface area contributed by atoms with Gasteiger partial charge in [-0.25, -0.2) is 4.98 Å². The molecule has 0 saturated heterocycles. The molecule has 11 heteroatoms. The second kappa shape index (κ2) is 14.0. The minimum Gasteiger partial charge on any atom is -0.321 e. The summed E-state index contributed by atoms with van der Waals surface area (Å²) >= 11 is 19.6. The summed E-state index contributed by atoms with van der Waals surface area (Å²) in [6.07, 6.45) is 2.90. The zero-order valence-corrected chi connectivity index (χ0v) is 23.7. The maximum Gasteiger partial charge on any atom is 0.272 e. The van der Waals surface area contributed by atoms with Gasteiger partial charge < -0.3 is 16.0 Å². The first-order valence-electron chi connectivity index (χ1n) is 11.8. The Morgan fingerprint density at radius 1 is 0.850 bits per heavy atom. The molecule has 3 aromatic carbocycles. The molecule has 0 aliphatic carbocycles. The summed E-state index contributed by atoms with van der Waals surface area (Å²) in [7, 11) is 0. The smallest absolute Gasteiger partial charge is 0.272 e.